The Morgan fingerprint density at radius 2 is 2.35 bits per heavy atom. The van der Waals surface area contributed by atoms with Crippen LogP contribution in [0.3, 0.4) is 0 Å². The number of nitrogens with zero attached hydrogens (tertiary/aromatic N) is 2. The van der Waals surface area contributed by atoms with E-state index in [0.717, 1.165) is 0 Å². The molecule has 1 aliphatic heterocycles. The molecule has 0 aliphatic carbocycles. The van der Waals surface area contributed by atoms with E-state index in [1.165, 1.54) is 16.8 Å². The van der Waals surface area contributed by atoms with Crippen molar-refractivity contribution in [3.05, 3.63) is 22.7 Å². The van der Waals surface area contributed by atoms with Crippen LogP contribution >= 0.6 is 0 Å². The molecular formula is C9H13N3O4Se. The van der Waals surface area contributed by atoms with Crippen molar-refractivity contribution in [2.45, 2.75) is 23.3 Å². The number of rotatable bonds is 2. The van der Waals surface area contributed by atoms with E-state index in [9.17, 15) is 9.90 Å². The fraction of sp³-hybridized carbons (Fsp3) is 0.556. The number of hydrogen-bond acceptors (Lipinski definition) is 6. The number of anilines is 1. The van der Waals surface area contributed by atoms with E-state index < -0.39 is 24.1 Å². The second kappa shape index (κ2) is 4.75. The molecule has 1 fully saturated rings. The first-order valence-corrected chi connectivity index (χ1v) is 6.10. The molecule has 0 radical (unpaired) electrons. The van der Waals surface area contributed by atoms with E-state index in [2.05, 4.69) is 21.0 Å². The Morgan fingerprint density at radius 1 is 1.65 bits per heavy atom. The number of hydrogen-bond donors (Lipinski definition) is 3. The average Bonchev–Trinajstić information content (AvgIpc) is 2.57. The minimum absolute atomic E-state index is 0.130. The van der Waals surface area contributed by atoms with Crippen LogP contribution in [0.1, 0.15) is 6.23 Å². The molecule has 0 bridgehead atoms. The standard InChI is InChI=1S/C9H13N3O4Se/c10-5-1-2-12(9(15)11-5)8-7(17)6(14)4(3-13)16-8/h1-2,4,6-8,13-14,17H,3H2,(H2,10,11,15)/t4?,6-,7?,8+/m0/s1. The van der Waals surface area contributed by atoms with Crippen molar-refractivity contribution in [2.75, 3.05) is 12.3 Å². The second-order valence-electron chi connectivity index (χ2n) is 3.77. The Bertz CT molecular complexity index is 466. The molecule has 1 aliphatic rings. The first-order valence-electron chi connectivity index (χ1n) is 5.01. The van der Waals surface area contributed by atoms with Crippen LogP contribution in [-0.4, -0.2) is 54.6 Å². The van der Waals surface area contributed by atoms with Crippen molar-refractivity contribution < 1.29 is 14.9 Å². The van der Waals surface area contributed by atoms with Crippen molar-refractivity contribution in [1.29, 1.82) is 0 Å². The van der Waals surface area contributed by atoms with E-state index in [1.54, 1.807) is 0 Å². The Kier molecular flexibility index (Phi) is 3.50. The summed E-state index contributed by atoms with van der Waals surface area (Å²) in [4.78, 5) is 14.8. The Morgan fingerprint density at radius 3 is 2.88 bits per heavy atom. The fourth-order valence-electron chi connectivity index (χ4n) is 1.73. The number of aliphatic hydroxyl groups excluding tert-OH is 2. The van der Waals surface area contributed by atoms with Gasteiger partial charge < -0.3 is 0 Å². The summed E-state index contributed by atoms with van der Waals surface area (Å²) in [6.45, 7) is -0.303. The SMILES string of the molecule is Nc1ccn([C@@H]2OC(CO)[C@H](O)C2[SeH])c(=O)n1. The molecule has 17 heavy (non-hydrogen) atoms. The van der Waals surface area contributed by atoms with Gasteiger partial charge in [-0.25, -0.2) is 0 Å². The Balaban J connectivity index is 2.32. The summed E-state index contributed by atoms with van der Waals surface area (Å²) >= 11 is 2.24. The summed E-state index contributed by atoms with van der Waals surface area (Å²) < 4.78 is 6.66. The number of aliphatic hydroxyl groups is 2. The summed E-state index contributed by atoms with van der Waals surface area (Å²) in [6, 6.07) is 1.48. The van der Waals surface area contributed by atoms with E-state index in [1.807, 2.05) is 0 Å². The van der Waals surface area contributed by atoms with Gasteiger partial charge in [-0.1, -0.05) is 0 Å². The topological polar surface area (TPSA) is 111 Å². The van der Waals surface area contributed by atoms with Crippen molar-refractivity contribution in [2.24, 2.45) is 0 Å². The number of nitrogen functional groups attached to an aromatic ring is 1. The quantitative estimate of drug-likeness (QED) is 0.533. The molecule has 0 aromatic carbocycles. The maximum atomic E-state index is 11.6. The van der Waals surface area contributed by atoms with Crippen LogP contribution in [0.4, 0.5) is 5.82 Å². The van der Waals surface area contributed by atoms with Gasteiger partial charge in [-0.15, -0.1) is 0 Å². The van der Waals surface area contributed by atoms with Crippen LogP contribution in [0, 0.1) is 0 Å². The van der Waals surface area contributed by atoms with Crippen LogP contribution < -0.4 is 11.4 Å². The van der Waals surface area contributed by atoms with Gasteiger partial charge in [0.25, 0.3) is 0 Å². The van der Waals surface area contributed by atoms with E-state index in [4.69, 9.17) is 15.6 Å². The number of aromatic nitrogens is 2. The van der Waals surface area contributed by atoms with Gasteiger partial charge >= 0.3 is 105 Å². The summed E-state index contributed by atoms with van der Waals surface area (Å²) in [7, 11) is 0. The normalized spacial score (nSPS) is 32.9. The second-order valence-corrected chi connectivity index (χ2v) is 5.02. The zero-order valence-electron chi connectivity index (χ0n) is 8.80. The van der Waals surface area contributed by atoms with Gasteiger partial charge in [-0.3, -0.25) is 0 Å². The number of ether oxygens (including phenoxy) is 1. The third-order valence-corrected chi connectivity index (χ3v) is 3.82. The maximum absolute atomic E-state index is 11.6. The van der Waals surface area contributed by atoms with Gasteiger partial charge in [-0.05, 0) is 0 Å². The summed E-state index contributed by atoms with van der Waals surface area (Å²) in [5.74, 6) is 0.130. The molecule has 8 heteroatoms. The molecule has 1 aromatic heterocycles. The van der Waals surface area contributed by atoms with Crippen LogP contribution in [0.2, 0.25) is 4.82 Å². The van der Waals surface area contributed by atoms with Gasteiger partial charge in [0.1, 0.15) is 0 Å². The molecule has 2 rings (SSSR count). The molecule has 0 spiro atoms. The predicted molar refractivity (Wildman–Crippen MR) is 60.8 cm³/mol. The molecule has 0 amide bonds. The van der Waals surface area contributed by atoms with Crippen molar-refractivity contribution in [3.63, 3.8) is 0 Å². The van der Waals surface area contributed by atoms with Gasteiger partial charge in [0.15, 0.2) is 0 Å². The Labute approximate surface area is 105 Å². The molecule has 2 unspecified atom stereocenters. The van der Waals surface area contributed by atoms with Crippen molar-refractivity contribution in [1.82, 2.24) is 9.55 Å². The predicted octanol–water partition coefficient (Wildman–Crippen LogP) is -2.23. The molecule has 1 aromatic rings. The Hall–Kier alpha value is -0.921. The van der Waals surface area contributed by atoms with Gasteiger partial charge in [-0.2, -0.15) is 0 Å². The summed E-state index contributed by atoms with van der Waals surface area (Å²) in [6.07, 6.45) is -0.739. The summed E-state index contributed by atoms with van der Waals surface area (Å²) in [5.41, 5.74) is 4.84. The molecule has 4 N–H and O–H groups in total. The van der Waals surface area contributed by atoms with Crippen molar-refractivity contribution >= 4 is 21.8 Å². The van der Waals surface area contributed by atoms with Gasteiger partial charge in [0.05, 0.1) is 0 Å². The van der Waals surface area contributed by atoms with Gasteiger partial charge in [0.2, 0.25) is 0 Å². The molecule has 7 nitrogen and oxygen atoms in total. The van der Waals surface area contributed by atoms with Crippen LogP contribution in [0.15, 0.2) is 17.1 Å². The molecule has 4 atom stereocenters. The van der Waals surface area contributed by atoms with E-state index >= 15 is 0 Å². The first kappa shape index (κ1) is 12.5. The third kappa shape index (κ3) is 2.22. The zero-order valence-corrected chi connectivity index (χ0v) is 10.7. The van der Waals surface area contributed by atoms with Crippen LogP contribution in [0.25, 0.3) is 0 Å². The number of nitrogens with two attached hydrogens (primary N) is 1. The van der Waals surface area contributed by atoms with E-state index in [-0.39, 0.29) is 17.2 Å². The molecular weight excluding hydrogens is 293 g/mol. The zero-order chi connectivity index (χ0) is 12.6. The first-order chi connectivity index (χ1) is 8.04. The average molecular weight is 306 g/mol. The summed E-state index contributed by atoms with van der Waals surface area (Å²) in [5, 5.41) is 18.8. The van der Waals surface area contributed by atoms with Crippen LogP contribution in [0.5, 0.6) is 0 Å². The van der Waals surface area contributed by atoms with Crippen LogP contribution in [-0.2, 0) is 4.74 Å². The fourth-order valence-corrected chi connectivity index (χ4v) is 2.58. The third-order valence-electron chi connectivity index (χ3n) is 2.64. The molecule has 94 valence electrons. The minimum atomic E-state index is -0.838. The molecule has 0 saturated carbocycles. The molecule has 2 heterocycles. The van der Waals surface area contributed by atoms with Gasteiger partial charge in [0, 0.05) is 0 Å². The monoisotopic (exact) mass is 307 g/mol. The van der Waals surface area contributed by atoms with Crippen molar-refractivity contribution in [3.8, 4) is 0 Å². The van der Waals surface area contributed by atoms with E-state index in [0.29, 0.717) is 0 Å². The molecule has 1 saturated heterocycles.